The van der Waals surface area contributed by atoms with Gasteiger partial charge in [-0.25, -0.2) is 8.42 Å². The van der Waals surface area contributed by atoms with Crippen LogP contribution in [0.25, 0.3) is 0 Å². The van der Waals surface area contributed by atoms with Crippen molar-refractivity contribution in [2.75, 3.05) is 13.1 Å². The number of benzene rings is 1. The average Bonchev–Trinajstić information content (AvgIpc) is 3.29. The summed E-state index contributed by atoms with van der Waals surface area (Å²) in [4.78, 5) is 0. The second kappa shape index (κ2) is 6.07. The summed E-state index contributed by atoms with van der Waals surface area (Å²) in [5.41, 5.74) is 5.45. The van der Waals surface area contributed by atoms with E-state index < -0.39 is 10.0 Å². The van der Waals surface area contributed by atoms with Crippen molar-refractivity contribution < 1.29 is 8.42 Å². The van der Waals surface area contributed by atoms with Crippen LogP contribution >= 0.6 is 0 Å². The second-order valence-corrected chi connectivity index (χ2v) is 11.1. The van der Waals surface area contributed by atoms with Crippen LogP contribution in [-0.2, 0) is 28.4 Å². The van der Waals surface area contributed by atoms with E-state index in [1.165, 1.54) is 28.7 Å². The molecule has 25 heavy (non-hydrogen) atoms. The van der Waals surface area contributed by atoms with Crippen molar-refractivity contribution in [3.8, 4) is 0 Å². The van der Waals surface area contributed by atoms with Crippen molar-refractivity contribution in [2.24, 2.45) is 0 Å². The number of nitrogens with one attached hydrogen (secondary N) is 1. The third kappa shape index (κ3) is 3.26. The molecule has 0 radical (unpaired) electrons. The molecule has 0 amide bonds. The first-order valence-corrected chi connectivity index (χ1v) is 11.2. The molecule has 2 heterocycles. The van der Waals surface area contributed by atoms with Crippen molar-refractivity contribution in [3.63, 3.8) is 0 Å². The van der Waals surface area contributed by atoms with Crippen molar-refractivity contribution in [3.05, 3.63) is 34.4 Å². The van der Waals surface area contributed by atoms with Gasteiger partial charge in [0.15, 0.2) is 0 Å². The summed E-state index contributed by atoms with van der Waals surface area (Å²) in [6.07, 6.45) is 4.86. The third-order valence-corrected chi connectivity index (χ3v) is 8.29. The molecule has 3 aliphatic rings. The Labute approximate surface area is 152 Å². The minimum atomic E-state index is -3.10. The minimum absolute atomic E-state index is 0.111. The molecule has 0 spiro atoms. The predicted octanol–water partition coefficient (Wildman–Crippen LogP) is 3.26. The van der Waals surface area contributed by atoms with E-state index in [9.17, 15) is 8.42 Å². The Morgan fingerprint density at radius 1 is 1.16 bits per heavy atom. The number of fused-ring (bicyclic) bond motifs is 1. The van der Waals surface area contributed by atoms with Gasteiger partial charge in [0.2, 0.25) is 10.0 Å². The monoisotopic (exact) mass is 362 g/mol. The van der Waals surface area contributed by atoms with Crippen LogP contribution < -0.4 is 5.32 Å². The molecule has 2 aliphatic heterocycles. The van der Waals surface area contributed by atoms with Gasteiger partial charge in [0.1, 0.15) is 0 Å². The molecular formula is C20H30N2O2S. The molecule has 138 valence electrons. The highest BCUT2D eigenvalue weighted by Crippen LogP contribution is 2.38. The molecule has 1 aromatic rings. The van der Waals surface area contributed by atoms with E-state index in [0.29, 0.717) is 19.1 Å². The van der Waals surface area contributed by atoms with Gasteiger partial charge in [-0.15, -0.1) is 0 Å². The van der Waals surface area contributed by atoms with E-state index in [-0.39, 0.29) is 10.7 Å². The lowest BCUT2D eigenvalue weighted by molar-refractivity contribution is 0.386. The fraction of sp³-hybridized carbons (Fsp3) is 0.700. The molecule has 0 aromatic heterocycles. The van der Waals surface area contributed by atoms with Gasteiger partial charge in [0.05, 0.1) is 5.25 Å². The maximum absolute atomic E-state index is 12.7. The standard InChI is InChI=1S/C20H30N2O2S/c1-20(2,3)15-11-14-8-10-22(25(23,24)16-6-7-16)13-18(14)17(12-15)19-5-4-9-21-19/h11-12,16,19,21H,4-10,13H2,1-3H3/t19-/m0/s1. The first kappa shape index (κ1) is 17.5. The lowest BCUT2D eigenvalue weighted by Crippen LogP contribution is -2.39. The Morgan fingerprint density at radius 3 is 2.52 bits per heavy atom. The maximum Gasteiger partial charge on any atom is 0.217 e. The van der Waals surface area contributed by atoms with Gasteiger partial charge in [0.25, 0.3) is 0 Å². The number of sulfonamides is 1. The SMILES string of the molecule is CC(C)(C)c1cc2c(c([C@@H]3CCCN3)c1)CN(S(=O)(=O)C1CC1)CC2. The Bertz CT molecular complexity index is 770. The highest BCUT2D eigenvalue weighted by Gasteiger charge is 2.41. The average molecular weight is 363 g/mol. The Kier molecular flexibility index (Phi) is 4.25. The van der Waals surface area contributed by atoms with Crippen LogP contribution in [0, 0.1) is 0 Å². The zero-order valence-corrected chi connectivity index (χ0v) is 16.5. The highest BCUT2D eigenvalue weighted by molar-refractivity contribution is 7.90. The quantitative estimate of drug-likeness (QED) is 0.898. The highest BCUT2D eigenvalue weighted by atomic mass is 32.2. The zero-order valence-electron chi connectivity index (χ0n) is 15.6. The van der Waals surface area contributed by atoms with Gasteiger partial charge < -0.3 is 5.32 Å². The maximum atomic E-state index is 12.7. The van der Waals surface area contributed by atoms with Crippen LogP contribution in [0.5, 0.6) is 0 Å². The molecule has 1 atom stereocenters. The Balaban J connectivity index is 1.75. The summed E-state index contributed by atoms with van der Waals surface area (Å²) >= 11 is 0. The summed E-state index contributed by atoms with van der Waals surface area (Å²) in [5.74, 6) is 0. The van der Waals surface area contributed by atoms with Crippen LogP contribution in [0.15, 0.2) is 12.1 Å². The molecular weight excluding hydrogens is 332 g/mol. The fourth-order valence-corrected chi connectivity index (χ4v) is 5.97. The van der Waals surface area contributed by atoms with Crippen LogP contribution in [0.3, 0.4) is 0 Å². The van der Waals surface area contributed by atoms with Crippen LogP contribution in [0.2, 0.25) is 0 Å². The summed E-state index contributed by atoms with van der Waals surface area (Å²) in [6.45, 7) is 9.03. The molecule has 1 N–H and O–H groups in total. The topological polar surface area (TPSA) is 49.4 Å². The molecule has 0 unspecified atom stereocenters. The summed E-state index contributed by atoms with van der Waals surface area (Å²) < 4.78 is 27.2. The number of hydrogen-bond donors (Lipinski definition) is 1. The molecule has 1 saturated heterocycles. The Hall–Kier alpha value is -0.910. The molecule has 5 heteroatoms. The van der Waals surface area contributed by atoms with E-state index >= 15 is 0 Å². The van der Waals surface area contributed by atoms with Crippen LogP contribution in [-0.4, -0.2) is 31.1 Å². The van der Waals surface area contributed by atoms with Gasteiger partial charge in [-0.3, -0.25) is 0 Å². The predicted molar refractivity (Wildman–Crippen MR) is 101 cm³/mol. The lowest BCUT2D eigenvalue weighted by atomic mass is 9.80. The number of hydrogen-bond acceptors (Lipinski definition) is 3. The van der Waals surface area contributed by atoms with Crippen molar-refractivity contribution in [1.82, 2.24) is 9.62 Å². The van der Waals surface area contributed by atoms with E-state index in [2.05, 4.69) is 38.2 Å². The fourth-order valence-electron chi connectivity index (χ4n) is 4.16. The third-order valence-electron chi connectivity index (χ3n) is 5.95. The summed E-state index contributed by atoms with van der Waals surface area (Å²) in [6, 6.07) is 5.05. The van der Waals surface area contributed by atoms with E-state index in [1.54, 1.807) is 4.31 Å². The van der Waals surface area contributed by atoms with Crippen LogP contribution in [0.4, 0.5) is 0 Å². The van der Waals surface area contributed by atoms with Crippen molar-refractivity contribution >= 4 is 10.0 Å². The molecule has 1 saturated carbocycles. The number of rotatable bonds is 3. The van der Waals surface area contributed by atoms with Gasteiger partial charge in [-0.05, 0) is 66.3 Å². The normalized spacial score (nSPS) is 25.2. The van der Waals surface area contributed by atoms with Crippen molar-refractivity contribution in [2.45, 2.75) is 76.1 Å². The van der Waals surface area contributed by atoms with E-state index in [1.807, 2.05) is 0 Å². The second-order valence-electron chi connectivity index (χ2n) is 8.93. The molecule has 1 aliphatic carbocycles. The first-order chi connectivity index (χ1) is 11.8. The summed E-state index contributed by atoms with van der Waals surface area (Å²) in [7, 11) is -3.10. The lowest BCUT2D eigenvalue weighted by Gasteiger charge is -2.33. The van der Waals surface area contributed by atoms with Gasteiger partial charge in [-0.2, -0.15) is 4.31 Å². The largest absolute Gasteiger partial charge is 0.310 e. The van der Waals surface area contributed by atoms with E-state index in [4.69, 9.17) is 0 Å². The smallest absolute Gasteiger partial charge is 0.217 e. The molecule has 4 rings (SSSR count). The van der Waals surface area contributed by atoms with Crippen molar-refractivity contribution in [1.29, 1.82) is 0 Å². The first-order valence-electron chi connectivity index (χ1n) is 9.65. The van der Waals surface area contributed by atoms with Gasteiger partial charge in [0, 0.05) is 19.1 Å². The minimum Gasteiger partial charge on any atom is -0.310 e. The molecule has 2 fully saturated rings. The molecule has 1 aromatic carbocycles. The molecule has 4 nitrogen and oxygen atoms in total. The van der Waals surface area contributed by atoms with Crippen LogP contribution in [0.1, 0.15) is 74.8 Å². The Morgan fingerprint density at radius 2 is 1.92 bits per heavy atom. The zero-order chi connectivity index (χ0) is 17.8. The van der Waals surface area contributed by atoms with Gasteiger partial charge in [-0.1, -0.05) is 32.9 Å². The number of nitrogens with zero attached hydrogens (tertiary/aromatic N) is 1. The van der Waals surface area contributed by atoms with E-state index in [0.717, 1.165) is 32.2 Å². The molecule has 0 bridgehead atoms. The van der Waals surface area contributed by atoms with Gasteiger partial charge >= 0.3 is 0 Å². The summed E-state index contributed by atoms with van der Waals surface area (Å²) in [5, 5.41) is 3.51.